The van der Waals surface area contributed by atoms with Gasteiger partial charge >= 0.3 is 11.9 Å². The summed E-state index contributed by atoms with van der Waals surface area (Å²) in [6, 6.07) is 5.25. The number of aliphatic carboxylic acids is 2. The van der Waals surface area contributed by atoms with Gasteiger partial charge in [0.2, 0.25) is 0 Å². The van der Waals surface area contributed by atoms with Crippen molar-refractivity contribution in [1.29, 1.82) is 0 Å². The second kappa shape index (κ2) is 6.23. The van der Waals surface area contributed by atoms with Gasteiger partial charge in [-0.1, -0.05) is 0 Å². The monoisotopic (exact) mass is 396 g/mol. The topological polar surface area (TPSA) is 149 Å². The van der Waals surface area contributed by atoms with E-state index in [2.05, 4.69) is 0 Å². The van der Waals surface area contributed by atoms with E-state index in [1.807, 2.05) is 0 Å². The molecule has 4 rings (SSSR count). The second-order valence-corrected chi connectivity index (χ2v) is 6.57. The zero-order valence-electron chi connectivity index (χ0n) is 14.7. The molecule has 0 atom stereocenters. The van der Waals surface area contributed by atoms with Gasteiger partial charge < -0.3 is 10.2 Å². The van der Waals surface area contributed by atoms with Gasteiger partial charge in [0, 0.05) is 39.6 Å². The third kappa shape index (κ3) is 2.57. The zero-order valence-corrected chi connectivity index (χ0v) is 14.7. The van der Waals surface area contributed by atoms with Gasteiger partial charge in [-0.15, -0.1) is 0 Å². The number of hydrogen-bond donors (Lipinski definition) is 2. The Labute approximate surface area is 161 Å². The Kier molecular flexibility index (Phi) is 3.93. The fourth-order valence-corrected chi connectivity index (χ4v) is 3.66. The molecule has 146 valence electrons. The number of imide groups is 2. The molecule has 4 amide bonds. The molecule has 0 aliphatic carbocycles. The summed E-state index contributed by atoms with van der Waals surface area (Å²) in [7, 11) is 0. The Hall–Kier alpha value is -4.08. The van der Waals surface area contributed by atoms with Crippen LogP contribution in [0.25, 0.3) is 10.8 Å². The highest BCUT2D eigenvalue weighted by atomic mass is 16.4. The number of carbonyl (C=O) groups is 6. The highest BCUT2D eigenvalue weighted by Gasteiger charge is 2.40. The fourth-order valence-electron chi connectivity index (χ4n) is 3.66. The molecule has 0 saturated carbocycles. The van der Waals surface area contributed by atoms with Crippen LogP contribution in [0.3, 0.4) is 0 Å². The van der Waals surface area contributed by atoms with Crippen LogP contribution in [0.5, 0.6) is 0 Å². The first-order chi connectivity index (χ1) is 13.7. The van der Waals surface area contributed by atoms with Crippen LogP contribution in [-0.2, 0) is 9.59 Å². The molecule has 0 aromatic heterocycles. The van der Waals surface area contributed by atoms with Crippen molar-refractivity contribution in [2.24, 2.45) is 0 Å². The Balaban J connectivity index is 1.92. The summed E-state index contributed by atoms with van der Waals surface area (Å²) in [6.07, 6.45) is -0.423. The number of nitrogens with zero attached hydrogens (tertiary/aromatic N) is 2. The average molecular weight is 396 g/mol. The van der Waals surface area contributed by atoms with Crippen LogP contribution in [0.2, 0.25) is 0 Å². The van der Waals surface area contributed by atoms with Crippen LogP contribution in [0.1, 0.15) is 47.9 Å². The second-order valence-electron chi connectivity index (χ2n) is 6.57. The van der Waals surface area contributed by atoms with Gasteiger partial charge in [0.25, 0.3) is 23.6 Å². The lowest BCUT2D eigenvalue weighted by atomic mass is 9.86. The normalized spacial score (nSPS) is 15.3. The van der Waals surface area contributed by atoms with Crippen molar-refractivity contribution < 1.29 is 39.0 Å². The van der Waals surface area contributed by atoms with E-state index in [0.717, 1.165) is 4.90 Å². The molecule has 29 heavy (non-hydrogen) atoms. The molecular weight excluding hydrogens is 384 g/mol. The molecule has 0 saturated heterocycles. The third-order valence-electron chi connectivity index (χ3n) is 4.91. The van der Waals surface area contributed by atoms with Gasteiger partial charge in [0.05, 0.1) is 6.42 Å². The molecule has 0 bridgehead atoms. The SMILES string of the molecule is O=C(O)CCN1C(=O)c2ccc3c4c(ccc(c24)C1=O)C(=O)N(CC(=O)O)C3=O. The van der Waals surface area contributed by atoms with Crippen LogP contribution in [0.15, 0.2) is 24.3 Å². The van der Waals surface area contributed by atoms with Gasteiger partial charge in [-0.2, -0.15) is 0 Å². The molecule has 2 aromatic rings. The summed E-state index contributed by atoms with van der Waals surface area (Å²) in [5.74, 6) is -5.64. The van der Waals surface area contributed by atoms with E-state index in [1.165, 1.54) is 24.3 Å². The van der Waals surface area contributed by atoms with E-state index in [9.17, 15) is 28.8 Å². The number of carbonyl (C=O) groups excluding carboxylic acids is 4. The van der Waals surface area contributed by atoms with Crippen LogP contribution >= 0.6 is 0 Å². The van der Waals surface area contributed by atoms with E-state index in [-0.39, 0.29) is 39.6 Å². The predicted octanol–water partition coefficient (Wildman–Crippen LogP) is 0.591. The molecule has 0 spiro atoms. The fraction of sp³-hybridized carbons (Fsp3) is 0.158. The van der Waals surface area contributed by atoms with Gasteiger partial charge in [0.15, 0.2) is 0 Å². The quantitative estimate of drug-likeness (QED) is 0.698. The highest BCUT2D eigenvalue weighted by Crippen LogP contribution is 2.37. The van der Waals surface area contributed by atoms with E-state index >= 15 is 0 Å². The number of carboxylic acid groups (broad SMARTS) is 2. The molecular formula is C19H12N2O8. The number of amides is 4. The molecule has 2 aromatic carbocycles. The van der Waals surface area contributed by atoms with E-state index in [1.54, 1.807) is 0 Å². The van der Waals surface area contributed by atoms with Gasteiger partial charge in [-0.05, 0) is 24.3 Å². The summed E-state index contributed by atoms with van der Waals surface area (Å²) < 4.78 is 0. The Morgan fingerprint density at radius 1 is 0.655 bits per heavy atom. The van der Waals surface area contributed by atoms with Crippen molar-refractivity contribution in [2.45, 2.75) is 6.42 Å². The number of hydrogen-bond acceptors (Lipinski definition) is 6. The van der Waals surface area contributed by atoms with Crippen molar-refractivity contribution in [3.63, 3.8) is 0 Å². The lowest BCUT2D eigenvalue weighted by molar-refractivity contribution is -0.138. The standard InChI is InChI=1S/C19H12N2O8/c22-12(23)5-6-20-16(26)8-1-3-10-15-11(4-2-9(14(8)15)17(20)27)19(29)21(18(10)28)7-13(24)25/h1-4H,5-7H2,(H,22,23)(H,24,25). The molecule has 10 heteroatoms. The minimum Gasteiger partial charge on any atom is -0.481 e. The number of carboxylic acids is 2. The molecule has 0 radical (unpaired) electrons. The summed E-state index contributed by atoms with van der Waals surface area (Å²) in [5.41, 5.74) is 0.165. The molecule has 2 aliphatic heterocycles. The van der Waals surface area contributed by atoms with Crippen molar-refractivity contribution in [3.05, 3.63) is 46.5 Å². The lowest BCUT2D eigenvalue weighted by Crippen LogP contribution is -2.45. The van der Waals surface area contributed by atoms with E-state index in [0.29, 0.717) is 4.90 Å². The molecule has 2 aliphatic rings. The first-order valence-electron chi connectivity index (χ1n) is 8.48. The maximum Gasteiger partial charge on any atom is 0.323 e. The van der Waals surface area contributed by atoms with Crippen LogP contribution < -0.4 is 0 Å². The van der Waals surface area contributed by atoms with E-state index in [4.69, 9.17) is 10.2 Å². The van der Waals surface area contributed by atoms with E-state index < -0.39 is 48.5 Å². The minimum atomic E-state index is -1.36. The molecule has 0 fully saturated rings. The van der Waals surface area contributed by atoms with Crippen molar-refractivity contribution in [3.8, 4) is 0 Å². The first kappa shape index (κ1) is 18.3. The molecule has 10 nitrogen and oxygen atoms in total. The van der Waals surface area contributed by atoms with Gasteiger partial charge in [-0.3, -0.25) is 38.6 Å². The Bertz CT molecular complexity index is 1110. The van der Waals surface area contributed by atoms with Crippen LogP contribution in [0.4, 0.5) is 0 Å². The maximum atomic E-state index is 12.8. The summed E-state index contributed by atoms with van der Waals surface area (Å²) in [4.78, 5) is 74.2. The highest BCUT2D eigenvalue weighted by molar-refractivity contribution is 6.33. The molecule has 0 unspecified atom stereocenters. The molecule has 2 N–H and O–H groups in total. The number of rotatable bonds is 5. The largest absolute Gasteiger partial charge is 0.481 e. The first-order valence-corrected chi connectivity index (χ1v) is 8.48. The third-order valence-corrected chi connectivity index (χ3v) is 4.91. The van der Waals surface area contributed by atoms with Gasteiger partial charge in [0.1, 0.15) is 6.54 Å². The predicted molar refractivity (Wildman–Crippen MR) is 94.6 cm³/mol. The van der Waals surface area contributed by atoms with Crippen molar-refractivity contribution in [2.75, 3.05) is 13.1 Å². The maximum absolute atomic E-state index is 12.8. The van der Waals surface area contributed by atoms with Gasteiger partial charge in [-0.25, -0.2) is 0 Å². The summed E-state index contributed by atoms with van der Waals surface area (Å²) >= 11 is 0. The van der Waals surface area contributed by atoms with Crippen molar-refractivity contribution in [1.82, 2.24) is 9.80 Å². The average Bonchev–Trinajstić information content (AvgIpc) is 2.67. The Morgan fingerprint density at radius 2 is 1.03 bits per heavy atom. The van der Waals surface area contributed by atoms with Crippen LogP contribution in [0, 0.1) is 0 Å². The zero-order chi connectivity index (χ0) is 21.0. The Morgan fingerprint density at radius 3 is 1.38 bits per heavy atom. The lowest BCUT2D eigenvalue weighted by Gasteiger charge is -2.31. The van der Waals surface area contributed by atoms with Crippen molar-refractivity contribution >= 4 is 46.3 Å². The molecule has 2 heterocycles. The smallest absolute Gasteiger partial charge is 0.323 e. The summed E-state index contributed by atoms with van der Waals surface area (Å²) in [5, 5.41) is 18.1. The number of benzene rings is 2. The van der Waals surface area contributed by atoms with Crippen LogP contribution in [-0.4, -0.2) is 68.7 Å². The minimum absolute atomic E-state index is 0.0148. The summed E-state index contributed by atoms with van der Waals surface area (Å²) in [6.45, 7) is -1.13.